The second-order valence-corrected chi connectivity index (χ2v) is 7.47. The van der Waals surface area contributed by atoms with E-state index in [0.717, 1.165) is 17.7 Å². The molecule has 1 aromatic heterocycles. The smallest absolute Gasteiger partial charge is 0.253 e. The Hall–Kier alpha value is -2.67. The summed E-state index contributed by atoms with van der Waals surface area (Å²) < 4.78 is 18.5. The first-order valence-electron chi connectivity index (χ1n) is 8.80. The van der Waals surface area contributed by atoms with Gasteiger partial charge in [0.1, 0.15) is 5.82 Å². The van der Waals surface area contributed by atoms with Crippen LogP contribution in [0, 0.1) is 5.82 Å². The molecule has 27 heavy (non-hydrogen) atoms. The summed E-state index contributed by atoms with van der Waals surface area (Å²) in [5.74, 6) is 0.126. The van der Waals surface area contributed by atoms with Crippen molar-refractivity contribution in [3.63, 3.8) is 0 Å². The summed E-state index contributed by atoms with van der Waals surface area (Å²) in [6.07, 6.45) is 1.76. The van der Waals surface area contributed by atoms with Crippen molar-refractivity contribution in [3.8, 4) is 0 Å². The molecule has 1 saturated heterocycles. The average molecular weight is 383 g/mol. The number of amides is 1. The third-order valence-electron chi connectivity index (χ3n) is 4.52. The van der Waals surface area contributed by atoms with E-state index in [-0.39, 0.29) is 17.6 Å². The Bertz CT molecular complexity index is 914. The maximum absolute atomic E-state index is 13.1. The highest BCUT2D eigenvalue weighted by Crippen LogP contribution is 2.30. The minimum absolute atomic E-state index is 0.0146. The van der Waals surface area contributed by atoms with E-state index in [9.17, 15) is 9.18 Å². The Morgan fingerprint density at radius 2 is 1.93 bits per heavy atom. The van der Waals surface area contributed by atoms with E-state index in [2.05, 4.69) is 10.1 Å². The molecule has 1 fully saturated rings. The summed E-state index contributed by atoms with van der Waals surface area (Å²) in [4.78, 5) is 20.0. The van der Waals surface area contributed by atoms with Gasteiger partial charge in [-0.15, -0.1) is 0 Å². The standard InChI is InChI=1S/C20H18FN3O2S/c21-16-10-8-14(9-11-16)19(25)24-12-4-5-15(13-24)18-22-20(23-26-18)27-17-6-2-1-3-7-17/h1-3,6-11,15H,4-5,12-13H2/t15-/m0/s1. The van der Waals surface area contributed by atoms with Crippen LogP contribution in [0.15, 0.2) is 69.2 Å². The summed E-state index contributed by atoms with van der Waals surface area (Å²) in [5, 5.41) is 4.62. The molecule has 1 amide bonds. The molecular formula is C20H18FN3O2S. The van der Waals surface area contributed by atoms with E-state index in [4.69, 9.17) is 4.52 Å². The van der Waals surface area contributed by atoms with Crippen molar-refractivity contribution in [3.05, 3.63) is 71.9 Å². The van der Waals surface area contributed by atoms with Gasteiger partial charge in [0.2, 0.25) is 11.0 Å². The molecule has 0 spiro atoms. The van der Waals surface area contributed by atoms with Crippen molar-refractivity contribution in [2.75, 3.05) is 13.1 Å². The minimum Gasteiger partial charge on any atom is -0.338 e. The maximum Gasteiger partial charge on any atom is 0.253 e. The van der Waals surface area contributed by atoms with Gasteiger partial charge in [-0.3, -0.25) is 4.79 Å². The molecule has 138 valence electrons. The second kappa shape index (κ2) is 7.92. The first-order chi connectivity index (χ1) is 13.2. The van der Waals surface area contributed by atoms with Crippen molar-refractivity contribution in [1.29, 1.82) is 0 Å². The lowest BCUT2D eigenvalue weighted by Crippen LogP contribution is -2.39. The van der Waals surface area contributed by atoms with Crippen LogP contribution < -0.4 is 0 Å². The first kappa shape index (κ1) is 17.7. The largest absolute Gasteiger partial charge is 0.338 e. The molecule has 3 aromatic rings. The van der Waals surface area contributed by atoms with Crippen LogP contribution in [-0.2, 0) is 0 Å². The first-order valence-corrected chi connectivity index (χ1v) is 9.62. The molecule has 1 aliphatic heterocycles. The lowest BCUT2D eigenvalue weighted by atomic mass is 9.97. The molecular weight excluding hydrogens is 365 g/mol. The quantitative estimate of drug-likeness (QED) is 0.669. The van der Waals surface area contributed by atoms with Gasteiger partial charge in [0, 0.05) is 23.5 Å². The molecule has 1 aliphatic rings. The number of hydrogen-bond donors (Lipinski definition) is 0. The average Bonchev–Trinajstić information content (AvgIpc) is 3.17. The zero-order valence-electron chi connectivity index (χ0n) is 14.5. The molecule has 0 saturated carbocycles. The van der Waals surface area contributed by atoms with E-state index in [0.29, 0.717) is 29.7 Å². The Morgan fingerprint density at radius 3 is 2.70 bits per heavy atom. The molecule has 0 radical (unpaired) electrons. The summed E-state index contributed by atoms with van der Waals surface area (Å²) in [7, 11) is 0. The van der Waals surface area contributed by atoms with Gasteiger partial charge in [0.15, 0.2) is 0 Å². The minimum atomic E-state index is -0.350. The second-order valence-electron chi connectivity index (χ2n) is 6.43. The van der Waals surface area contributed by atoms with Crippen molar-refractivity contribution in [1.82, 2.24) is 15.0 Å². The SMILES string of the molecule is O=C(c1ccc(F)cc1)N1CCC[C@H](c2nc(Sc3ccccc3)no2)C1. The van der Waals surface area contributed by atoms with Gasteiger partial charge in [0.25, 0.3) is 5.91 Å². The van der Waals surface area contributed by atoms with E-state index in [1.807, 2.05) is 30.3 Å². The van der Waals surface area contributed by atoms with Crippen LogP contribution in [0.2, 0.25) is 0 Å². The summed E-state index contributed by atoms with van der Waals surface area (Å²) >= 11 is 1.45. The van der Waals surface area contributed by atoms with Crippen LogP contribution in [0.3, 0.4) is 0 Å². The number of hydrogen-bond acceptors (Lipinski definition) is 5. The fourth-order valence-electron chi connectivity index (χ4n) is 3.16. The lowest BCUT2D eigenvalue weighted by molar-refractivity contribution is 0.0695. The number of carbonyl (C=O) groups excluding carboxylic acids is 1. The predicted molar refractivity (Wildman–Crippen MR) is 99.1 cm³/mol. The van der Waals surface area contributed by atoms with Gasteiger partial charge in [-0.05, 0) is 66.2 Å². The van der Waals surface area contributed by atoms with Crippen LogP contribution in [0.5, 0.6) is 0 Å². The molecule has 1 atom stereocenters. The van der Waals surface area contributed by atoms with Gasteiger partial charge < -0.3 is 9.42 Å². The zero-order chi connectivity index (χ0) is 18.6. The van der Waals surface area contributed by atoms with Crippen molar-refractivity contribution >= 4 is 17.7 Å². The molecule has 0 aliphatic carbocycles. The summed E-state index contributed by atoms with van der Waals surface area (Å²) in [5.41, 5.74) is 0.489. The van der Waals surface area contributed by atoms with Crippen LogP contribution in [0.4, 0.5) is 4.39 Å². The Balaban J connectivity index is 1.44. The molecule has 0 bridgehead atoms. The van der Waals surface area contributed by atoms with E-state index in [1.165, 1.54) is 36.0 Å². The zero-order valence-corrected chi connectivity index (χ0v) is 15.4. The molecule has 4 rings (SSSR count). The number of carbonyl (C=O) groups is 1. The normalized spacial score (nSPS) is 17.1. The van der Waals surface area contributed by atoms with Crippen LogP contribution in [0.1, 0.15) is 35.0 Å². The molecule has 0 N–H and O–H groups in total. The molecule has 0 unspecified atom stereocenters. The van der Waals surface area contributed by atoms with Gasteiger partial charge in [-0.1, -0.05) is 18.2 Å². The van der Waals surface area contributed by atoms with E-state index in [1.54, 1.807) is 4.90 Å². The van der Waals surface area contributed by atoms with Gasteiger partial charge in [0.05, 0.1) is 5.92 Å². The van der Waals surface area contributed by atoms with Crippen LogP contribution in [0.25, 0.3) is 0 Å². The number of benzene rings is 2. The number of rotatable bonds is 4. The van der Waals surface area contributed by atoms with Crippen molar-refractivity contribution < 1.29 is 13.7 Å². The lowest BCUT2D eigenvalue weighted by Gasteiger charge is -2.31. The Morgan fingerprint density at radius 1 is 1.15 bits per heavy atom. The fraction of sp³-hybridized carbons (Fsp3) is 0.250. The Labute approximate surface area is 160 Å². The van der Waals surface area contributed by atoms with E-state index >= 15 is 0 Å². The number of likely N-dealkylation sites (tertiary alicyclic amines) is 1. The highest BCUT2D eigenvalue weighted by Gasteiger charge is 2.29. The number of aromatic nitrogens is 2. The van der Waals surface area contributed by atoms with Crippen molar-refractivity contribution in [2.24, 2.45) is 0 Å². The van der Waals surface area contributed by atoms with Crippen LogP contribution >= 0.6 is 11.8 Å². The molecule has 2 heterocycles. The molecule has 5 nitrogen and oxygen atoms in total. The highest BCUT2D eigenvalue weighted by molar-refractivity contribution is 7.99. The monoisotopic (exact) mass is 383 g/mol. The third-order valence-corrected chi connectivity index (χ3v) is 5.38. The third kappa shape index (κ3) is 4.19. The van der Waals surface area contributed by atoms with Crippen LogP contribution in [-0.4, -0.2) is 34.0 Å². The fourth-order valence-corrected chi connectivity index (χ4v) is 3.87. The van der Waals surface area contributed by atoms with E-state index < -0.39 is 0 Å². The number of piperidine rings is 1. The Kier molecular flexibility index (Phi) is 5.20. The maximum atomic E-state index is 13.1. The van der Waals surface area contributed by atoms with Gasteiger partial charge in [-0.25, -0.2) is 4.39 Å². The highest BCUT2D eigenvalue weighted by atomic mass is 32.2. The molecule has 7 heteroatoms. The van der Waals surface area contributed by atoms with Gasteiger partial charge >= 0.3 is 0 Å². The predicted octanol–water partition coefficient (Wildman–Crippen LogP) is 4.38. The molecule has 2 aromatic carbocycles. The topological polar surface area (TPSA) is 59.2 Å². The van der Waals surface area contributed by atoms with Crippen molar-refractivity contribution in [2.45, 2.75) is 28.8 Å². The number of halogens is 1. The summed E-state index contributed by atoms with van der Waals surface area (Å²) in [6, 6.07) is 15.5. The number of nitrogens with zero attached hydrogens (tertiary/aromatic N) is 3. The summed E-state index contributed by atoms with van der Waals surface area (Å²) in [6.45, 7) is 1.19. The van der Waals surface area contributed by atoms with Gasteiger partial charge in [-0.2, -0.15) is 4.98 Å².